The lowest BCUT2D eigenvalue weighted by molar-refractivity contribution is -0.00000205. The highest BCUT2D eigenvalue weighted by atomic mass is 127. The summed E-state index contributed by atoms with van der Waals surface area (Å²) in [6.45, 7) is 0. The minimum atomic E-state index is 0. The highest BCUT2D eigenvalue weighted by molar-refractivity contribution is 7.96. The SMILES string of the molecule is C[S+](C)C1CCCCC1.[I-]. The maximum Gasteiger partial charge on any atom is 0.117 e. The molecule has 0 unspecified atom stereocenters. The molecule has 2 heteroatoms. The molecule has 62 valence electrons. The van der Waals surface area contributed by atoms with Crippen molar-refractivity contribution in [1.29, 1.82) is 0 Å². The summed E-state index contributed by atoms with van der Waals surface area (Å²) in [5.74, 6) is 0. The van der Waals surface area contributed by atoms with E-state index in [1.165, 1.54) is 32.1 Å². The van der Waals surface area contributed by atoms with Gasteiger partial charge in [-0.2, -0.15) is 0 Å². The van der Waals surface area contributed by atoms with Crippen LogP contribution in [-0.4, -0.2) is 17.8 Å². The van der Waals surface area contributed by atoms with E-state index in [1.807, 2.05) is 0 Å². The third-order valence-electron chi connectivity index (χ3n) is 2.22. The third-order valence-corrected chi connectivity index (χ3v) is 4.02. The van der Waals surface area contributed by atoms with Crippen molar-refractivity contribution in [2.24, 2.45) is 0 Å². The van der Waals surface area contributed by atoms with Crippen LogP contribution in [0.25, 0.3) is 0 Å². The second-order valence-electron chi connectivity index (χ2n) is 3.14. The van der Waals surface area contributed by atoms with Crippen LogP contribution >= 0.6 is 0 Å². The molecule has 0 aliphatic heterocycles. The summed E-state index contributed by atoms with van der Waals surface area (Å²) in [6.07, 6.45) is 12.3. The zero-order valence-electron chi connectivity index (χ0n) is 6.90. The summed E-state index contributed by atoms with van der Waals surface area (Å²) < 4.78 is 0. The predicted molar refractivity (Wildman–Crippen MR) is 46.1 cm³/mol. The summed E-state index contributed by atoms with van der Waals surface area (Å²) in [7, 11) is 0.698. The minimum Gasteiger partial charge on any atom is -1.00 e. The predicted octanol–water partition coefficient (Wildman–Crippen LogP) is -0.799. The Morgan fingerprint density at radius 1 is 1.00 bits per heavy atom. The van der Waals surface area contributed by atoms with E-state index in [2.05, 4.69) is 12.5 Å². The molecule has 0 amide bonds. The van der Waals surface area contributed by atoms with E-state index in [9.17, 15) is 0 Å². The molecule has 10 heavy (non-hydrogen) atoms. The first-order chi connectivity index (χ1) is 4.30. The number of hydrogen-bond acceptors (Lipinski definition) is 0. The van der Waals surface area contributed by atoms with E-state index in [1.54, 1.807) is 0 Å². The summed E-state index contributed by atoms with van der Waals surface area (Å²) >= 11 is 0. The van der Waals surface area contributed by atoms with Crippen LogP contribution in [0.2, 0.25) is 0 Å². The van der Waals surface area contributed by atoms with E-state index < -0.39 is 0 Å². The standard InChI is InChI=1S/C8H17S.HI/c1-9(2)8-6-4-3-5-7-8;/h8H,3-7H2,1-2H3;1H/q+1;/p-1. The molecule has 0 atom stereocenters. The molecule has 0 spiro atoms. The second kappa shape index (κ2) is 5.70. The average Bonchev–Trinajstić information content (AvgIpc) is 1.90. The zero-order valence-corrected chi connectivity index (χ0v) is 9.87. The van der Waals surface area contributed by atoms with Gasteiger partial charge in [0.05, 0.1) is 12.5 Å². The van der Waals surface area contributed by atoms with Crippen LogP contribution in [0.3, 0.4) is 0 Å². The van der Waals surface area contributed by atoms with E-state index in [0.29, 0.717) is 10.9 Å². The molecule has 0 aromatic heterocycles. The van der Waals surface area contributed by atoms with E-state index in [0.717, 1.165) is 5.25 Å². The minimum absolute atomic E-state index is 0. The number of hydrogen-bond donors (Lipinski definition) is 0. The fraction of sp³-hybridized carbons (Fsp3) is 1.00. The average molecular weight is 272 g/mol. The van der Waals surface area contributed by atoms with Crippen molar-refractivity contribution in [3.63, 3.8) is 0 Å². The lowest BCUT2D eigenvalue weighted by Gasteiger charge is -2.17. The molecule has 0 aromatic carbocycles. The monoisotopic (exact) mass is 272 g/mol. The summed E-state index contributed by atoms with van der Waals surface area (Å²) in [5.41, 5.74) is 0. The smallest absolute Gasteiger partial charge is 0.117 e. The molecule has 1 fully saturated rings. The van der Waals surface area contributed by atoms with Crippen molar-refractivity contribution in [2.45, 2.75) is 37.4 Å². The summed E-state index contributed by atoms with van der Waals surface area (Å²) in [4.78, 5) is 0. The highest BCUT2D eigenvalue weighted by Crippen LogP contribution is 2.22. The highest BCUT2D eigenvalue weighted by Gasteiger charge is 2.22. The van der Waals surface area contributed by atoms with Crippen molar-refractivity contribution < 1.29 is 24.0 Å². The molecule has 0 nitrogen and oxygen atoms in total. The van der Waals surface area contributed by atoms with Gasteiger partial charge in [0.25, 0.3) is 0 Å². The maximum atomic E-state index is 2.38. The third kappa shape index (κ3) is 3.46. The van der Waals surface area contributed by atoms with Gasteiger partial charge < -0.3 is 24.0 Å². The number of halogens is 1. The van der Waals surface area contributed by atoms with Gasteiger partial charge in [-0.15, -0.1) is 0 Å². The van der Waals surface area contributed by atoms with Gasteiger partial charge in [-0.1, -0.05) is 6.42 Å². The van der Waals surface area contributed by atoms with E-state index in [4.69, 9.17) is 0 Å². The van der Waals surface area contributed by atoms with Crippen molar-refractivity contribution in [3.05, 3.63) is 0 Å². The Kier molecular flexibility index (Phi) is 6.31. The van der Waals surface area contributed by atoms with E-state index in [-0.39, 0.29) is 24.0 Å². The largest absolute Gasteiger partial charge is 1.00 e. The maximum absolute atomic E-state index is 2.38. The second-order valence-corrected chi connectivity index (χ2v) is 5.57. The van der Waals surface area contributed by atoms with Crippen LogP contribution < -0.4 is 24.0 Å². The van der Waals surface area contributed by atoms with Crippen LogP contribution in [-0.2, 0) is 10.9 Å². The Labute approximate surface area is 84.5 Å². The molecule has 1 aliphatic rings. The molecule has 0 radical (unpaired) electrons. The summed E-state index contributed by atoms with van der Waals surface area (Å²) in [6, 6.07) is 0. The van der Waals surface area contributed by atoms with Crippen molar-refractivity contribution in [3.8, 4) is 0 Å². The molecular weight excluding hydrogens is 255 g/mol. The van der Waals surface area contributed by atoms with Crippen LogP contribution in [0, 0.1) is 0 Å². The molecule has 1 aliphatic carbocycles. The Morgan fingerprint density at radius 3 is 1.80 bits per heavy atom. The first-order valence-corrected chi connectivity index (χ1v) is 5.97. The molecule has 0 heterocycles. The number of rotatable bonds is 1. The normalized spacial score (nSPS) is 20.7. The van der Waals surface area contributed by atoms with Gasteiger partial charge in [-0.05, 0) is 36.6 Å². The molecule has 0 saturated heterocycles. The van der Waals surface area contributed by atoms with Gasteiger partial charge in [0.1, 0.15) is 5.25 Å². The Bertz CT molecular complexity index is 77.3. The molecule has 1 rings (SSSR count). The lowest BCUT2D eigenvalue weighted by Crippen LogP contribution is -3.00. The van der Waals surface area contributed by atoms with Gasteiger partial charge in [-0.3, -0.25) is 0 Å². The Morgan fingerprint density at radius 2 is 1.50 bits per heavy atom. The van der Waals surface area contributed by atoms with Gasteiger partial charge in [-0.25, -0.2) is 0 Å². The quantitative estimate of drug-likeness (QED) is 0.433. The van der Waals surface area contributed by atoms with Crippen molar-refractivity contribution >= 4 is 10.9 Å². The Hall–Kier alpha value is 1.08. The van der Waals surface area contributed by atoms with Gasteiger partial charge in [0.15, 0.2) is 0 Å². The molecular formula is C8H17IS. The Balaban J connectivity index is 0.000000810. The molecule has 0 bridgehead atoms. The van der Waals surface area contributed by atoms with Crippen LogP contribution in [0.4, 0.5) is 0 Å². The van der Waals surface area contributed by atoms with Crippen molar-refractivity contribution in [2.75, 3.05) is 12.5 Å². The van der Waals surface area contributed by atoms with Gasteiger partial charge in [0.2, 0.25) is 0 Å². The van der Waals surface area contributed by atoms with Crippen LogP contribution in [0.15, 0.2) is 0 Å². The lowest BCUT2D eigenvalue weighted by atomic mass is 10.0. The van der Waals surface area contributed by atoms with Gasteiger partial charge >= 0.3 is 0 Å². The first-order valence-electron chi connectivity index (χ1n) is 3.87. The zero-order chi connectivity index (χ0) is 6.69. The summed E-state index contributed by atoms with van der Waals surface area (Å²) in [5, 5.41) is 1.08. The van der Waals surface area contributed by atoms with E-state index >= 15 is 0 Å². The van der Waals surface area contributed by atoms with Crippen molar-refractivity contribution in [1.82, 2.24) is 0 Å². The molecule has 0 N–H and O–H groups in total. The fourth-order valence-corrected chi connectivity index (χ4v) is 2.81. The first kappa shape index (κ1) is 11.1. The molecule has 0 aromatic rings. The van der Waals surface area contributed by atoms with Crippen LogP contribution in [0.5, 0.6) is 0 Å². The fourth-order valence-electron chi connectivity index (χ4n) is 1.54. The topological polar surface area (TPSA) is 0 Å². The van der Waals surface area contributed by atoms with Crippen LogP contribution in [0.1, 0.15) is 32.1 Å². The molecule has 1 saturated carbocycles. The van der Waals surface area contributed by atoms with Gasteiger partial charge in [0, 0.05) is 0 Å².